The Hall–Kier alpha value is -0.359. The summed E-state index contributed by atoms with van der Waals surface area (Å²) in [4.78, 5) is 20.8. The maximum atomic E-state index is 10.4. The van der Waals surface area contributed by atoms with Crippen LogP contribution in [0.3, 0.4) is 0 Å². The fourth-order valence-electron chi connectivity index (χ4n) is 1.01. The average Bonchev–Trinajstić information content (AvgIpc) is 2.04. The molecule has 6 heteroatoms. The van der Waals surface area contributed by atoms with E-state index in [4.69, 9.17) is 0 Å². The molecule has 0 aliphatic heterocycles. The molecule has 0 radical (unpaired) electrons. The molecule has 0 aromatic heterocycles. The third-order valence-electron chi connectivity index (χ3n) is 1.60. The summed E-state index contributed by atoms with van der Waals surface area (Å²) in [7, 11) is 0. The van der Waals surface area contributed by atoms with Crippen LogP contribution >= 0.6 is 0 Å². The first kappa shape index (κ1) is 17.0. The van der Waals surface area contributed by atoms with Gasteiger partial charge in [-0.1, -0.05) is 30.3 Å². The molecular formula is C9H6Ag2O4. The van der Waals surface area contributed by atoms with Gasteiger partial charge in [-0.25, -0.2) is 0 Å². The van der Waals surface area contributed by atoms with Gasteiger partial charge < -0.3 is 19.8 Å². The molecule has 0 atom stereocenters. The summed E-state index contributed by atoms with van der Waals surface area (Å²) in [6, 6.07) is 7.56. The minimum absolute atomic E-state index is 0. The first-order valence-electron chi connectivity index (χ1n) is 3.59. The standard InChI is InChI=1S/C9H8O4.2Ag/c10-8(11)7(9(12)13)6-4-2-1-3-5-6;;/h1-5,7H,(H,10,11)(H,12,13);;/q;2*+1/p-2. The van der Waals surface area contributed by atoms with Crippen LogP contribution in [0.25, 0.3) is 0 Å². The van der Waals surface area contributed by atoms with Crippen molar-refractivity contribution in [1.82, 2.24) is 0 Å². The van der Waals surface area contributed by atoms with E-state index in [9.17, 15) is 19.8 Å². The summed E-state index contributed by atoms with van der Waals surface area (Å²) in [5.74, 6) is -5.02. The Morgan fingerprint density at radius 2 is 1.33 bits per heavy atom. The number of rotatable bonds is 3. The molecule has 0 saturated carbocycles. The molecule has 0 aliphatic carbocycles. The number of hydrogen-bond donors (Lipinski definition) is 0. The molecular weight excluding hydrogens is 388 g/mol. The van der Waals surface area contributed by atoms with Crippen molar-refractivity contribution < 1.29 is 64.6 Å². The molecule has 0 aliphatic rings. The van der Waals surface area contributed by atoms with Gasteiger partial charge in [0.1, 0.15) is 0 Å². The van der Waals surface area contributed by atoms with Gasteiger partial charge in [0.05, 0.1) is 17.9 Å². The van der Waals surface area contributed by atoms with Crippen LogP contribution in [0.1, 0.15) is 11.5 Å². The molecule has 0 N–H and O–H groups in total. The molecule has 0 saturated heterocycles. The van der Waals surface area contributed by atoms with Crippen molar-refractivity contribution in [1.29, 1.82) is 0 Å². The predicted octanol–water partition coefficient (Wildman–Crippen LogP) is -1.73. The van der Waals surface area contributed by atoms with Crippen molar-refractivity contribution in [2.45, 2.75) is 5.92 Å². The van der Waals surface area contributed by atoms with E-state index in [2.05, 4.69) is 0 Å². The number of carboxylic acid groups (broad SMARTS) is 2. The molecule has 0 fully saturated rings. The average molecular weight is 394 g/mol. The van der Waals surface area contributed by atoms with E-state index in [1.54, 1.807) is 18.2 Å². The van der Waals surface area contributed by atoms with Crippen LogP contribution in [0.15, 0.2) is 30.3 Å². The SMILES string of the molecule is O=C([O-])C(C(=O)[O-])c1ccccc1.[Ag+].[Ag+]. The quantitative estimate of drug-likeness (QED) is 0.451. The summed E-state index contributed by atoms with van der Waals surface area (Å²) >= 11 is 0. The maximum absolute atomic E-state index is 10.4. The zero-order valence-corrected chi connectivity index (χ0v) is 10.2. The second-order valence-electron chi connectivity index (χ2n) is 2.48. The van der Waals surface area contributed by atoms with E-state index in [-0.39, 0.29) is 50.3 Å². The van der Waals surface area contributed by atoms with Crippen LogP contribution in [-0.2, 0) is 54.3 Å². The van der Waals surface area contributed by atoms with Crippen LogP contribution in [0.4, 0.5) is 0 Å². The number of carboxylic acids is 2. The monoisotopic (exact) mass is 392 g/mol. The van der Waals surface area contributed by atoms with Crippen molar-refractivity contribution in [3.05, 3.63) is 35.9 Å². The Bertz CT molecular complexity index is 312. The van der Waals surface area contributed by atoms with Gasteiger partial charge in [0.15, 0.2) is 0 Å². The Morgan fingerprint density at radius 3 is 1.67 bits per heavy atom. The Balaban J connectivity index is 0. The number of aliphatic carboxylic acids is 2. The second-order valence-corrected chi connectivity index (χ2v) is 2.48. The van der Waals surface area contributed by atoms with Gasteiger partial charge in [0.25, 0.3) is 0 Å². The molecule has 1 aromatic rings. The first-order chi connectivity index (χ1) is 6.13. The summed E-state index contributed by atoms with van der Waals surface area (Å²) in [6.07, 6.45) is 0. The first-order valence-corrected chi connectivity index (χ1v) is 3.59. The zero-order valence-electron chi connectivity index (χ0n) is 7.20. The van der Waals surface area contributed by atoms with E-state index in [1.807, 2.05) is 0 Å². The topological polar surface area (TPSA) is 80.3 Å². The summed E-state index contributed by atoms with van der Waals surface area (Å²) in [6.45, 7) is 0. The molecule has 15 heavy (non-hydrogen) atoms. The molecule has 0 amide bonds. The largest absolute Gasteiger partial charge is 1.00 e. The number of hydrogen-bond acceptors (Lipinski definition) is 4. The van der Waals surface area contributed by atoms with Gasteiger partial charge in [-0.05, 0) is 5.56 Å². The van der Waals surface area contributed by atoms with Crippen molar-refractivity contribution in [2.75, 3.05) is 0 Å². The van der Waals surface area contributed by atoms with Crippen LogP contribution in [0.5, 0.6) is 0 Å². The van der Waals surface area contributed by atoms with Crippen LogP contribution in [0, 0.1) is 0 Å². The zero-order chi connectivity index (χ0) is 9.84. The Kier molecular flexibility index (Phi) is 8.95. The van der Waals surface area contributed by atoms with Crippen molar-refractivity contribution in [3.63, 3.8) is 0 Å². The summed E-state index contributed by atoms with van der Waals surface area (Å²) in [5.41, 5.74) is 0.155. The third kappa shape index (κ3) is 4.79. The fraction of sp³-hybridized carbons (Fsp3) is 0.111. The van der Waals surface area contributed by atoms with E-state index in [1.165, 1.54) is 12.1 Å². The van der Waals surface area contributed by atoms with Crippen molar-refractivity contribution >= 4 is 11.9 Å². The molecule has 4 nitrogen and oxygen atoms in total. The smallest absolute Gasteiger partial charge is 0.549 e. The van der Waals surface area contributed by atoms with E-state index < -0.39 is 17.9 Å². The van der Waals surface area contributed by atoms with Gasteiger partial charge in [0, 0.05) is 0 Å². The molecule has 0 heterocycles. The summed E-state index contributed by atoms with van der Waals surface area (Å²) < 4.78 is 0. The number of benzene rings is 1. The van der Waals surface area contributed by atoms with E-state index in [0.29, 0.717) is 0 Å². The minimum atomic E-state index is -1.69. The predicted molar refractivity (Wildman–Crippen MR) is 39.2 cm³/mol. The molecule has 1 rings (SSSR count). The molecule has 0 unspecified atom stereocenters. The number of carbonyl (C=O) groups excluding carboxylic acids is 2. The second kappa shape index (κ2) is 7.87. The minimum Gasteiger partial charge on any atom is -0.549 e. The van der Waals surface area contributed by atoms with Crippen molar-refractivity contribution in [2.24, 2.45) is 0 Å². The summed E-state index contributed by atoms with van der Waals surface area (Å²) in [5, 5.41) is 20.8. The van der Waals surface area contributed by atoms with Gasteiger partial charge in [0.2, 0.25) is 0 Å². The van der Waals surface area contributed by atoms with Gasteiger partial charge >= 0.3 is 44.8 Å². The molecule has 0 bridgehead atoms. The fourth-order valence-corrected chi connectivity index (χ4v) is 1.01. The van der Waals surface area contributed by atoms with Gasteiger partial charge in [-0.2, -0.15) is 0 Å². The molecule has 0 spiro atoms. The third-order valence-corrected chi connectivity index (χ3v) is 1.60. The maximum Gasteiger partial charge on any atom is 1.00 e. The van der Waals surface area contributed by atoms with Crippen LogP contribution in [0.2, 0.25) is 0 Å². The van der Waals surface area contributed by atoms with Gasteiger partial charge in [-0.15, -0.1) is 0 Å². The molecule has 1 aromatic carbocycles. The van der Waals surface area contributed by atoms with E-state index in [0.717, 1.165) is 0 Å². The van der Waals surface area contributed by atoms with Gasteiger partial charge in [-0.3, -0.25) is 0 Å². The number of carbonyl (C=O) groups is 2. The van der Waals surface area contributed by atoms with E-state index >= 15 is 0 Å². The normalized spacial score (nSPS) is 8.60. The van der Waals surface area contributed by atoms with Crippen LogP contribution in [-0.4, -0.2) is 11.9 Å². The van der Waals surface area contributed by atoms with Crippen LogP contribution < -0.4 is 10.2 Å². The molecule has 88 valence electrons. The Morgan fingerprint density at radius 1 is 0.933 bits per heavy atom. The Labute approximate surface area is 118 Å². The van der Waals surface area contributed by atoms with Crippen molar-refractivity contribution in [3.8, 4) is 0 Å².